The summed E-state index contributed by atoms with van der Waals surface area (Å²) in [6.45, 7) is 4.75. The lowest BCUT2D eigenvalue weighted by Gasteiger charge is -2.31. The Labute approximate surface area is 131 Å². The van der Waals surface area contributed by atoms with Crippen LogP contribution in [0.3, 0.4) is 0 Å². The quantitative estimate of drug-likeness (QED) is 0.859. The molecule has 0 aliphatic heterocycles. The molecule has 5 nitrogen and oxygen atoms in total. The zero-order valence-electron chi connectivity index (χ0n) is 11.6. The molecule has 0 atom stereocenters. The van der Waals surface area contributed by atoms with Gasteiger partial charge in [0, 0.05) is 16.5 Å². The number of carboxylic acid groups (broad SMARTS) is 1. The number of carboxylic acids is 1. The second-order valence-corrected chi connectivity index (χ2v) is 6.20. The zero-order valence-corrected chi connectivity index (χ0v) is 14.0. The van der Waals surface area contributed by atoms with Crippen LogP contribution in [0.4, 0.5) is 10.5 Å². The first-order valence-electron chi connectivity index (χ1n) is 5.81. The van der Waals surface area contributed by atoms with E-state index < -0.39 is 17.5 Å². The van der Waals surface area contributed by atoms with E-state index >= 15 is 0 Å². The van der Waals surface area contributed by atoms with Gasteiger partial charge in [0.1, 0.15) is 5.54 Å². The average molecular weight is 364 g/mol. The zero-order chi connectivity index (χ0) is 15.7. The molecule has 0 aliphatic rings. The molecule has 0 bridgehead atoms. The number of hydrogen-bond acceptors (Lipinski definition) is 2. The predicted octanol–water partition coefficient (Wildman–Crippen LogP) is 3.74. The number of halogens is 2. The van der Waals surface area contributed by atoms with Crippen molar-refractivity contribution in [2.75, 3.05) is 12.4 Å². The average Bonchev–Trinajstić information content (AvgIpc) is 2.34. The first-order valence-corrected chi connectivity index (χ1v) is 6.98. The fourth-order valence-electron chi connectivity index (χ4n) is 1.34. The molecule has 1 rings (SSSR count). The van der Waals surface area contributed by atoms with E-state index in [-0.39, 0.29) is 0 Å². The minimum Gasteiger partial charge on any atom is -0.480 e. The number of rotatable bonds is 3. The van der Waals surface area contributed by atoms with Gasteiger partial charge >= 0.3 is 12.0 Å². The Morgan fingerprint density at radius 2 is 1.95 bits per heavy atom. The number of anilines is 1. The highest BCUT2D eigenvalue weighted by molar-refractivity contribution is 9.10. The summed E-state index contributed by atoms with van der Waals surface area (Å²) < 4.78 is 0.675. The monoisotopic (exact) mass is 362 g/mol. The molecule has 1 aromatic carbocycles. The van der Waals surface area contributed by atoms with Crippen LogP contribution in [0, 0.1) is 6.92 Å². The van der Waals surface area contributed by atoms with Gasteiger partial charge in [-0.2, -0.15) is 0 Å². The Hall–Kier alpha value is -1.27. The van der Waals surface area contributed by atoms with Gasteiger partial charge in [0.25, 0.3) is 0 Å². The number of aliphatic carboxylic acids is 1. The Morgan fingerprint density at radius 3 is 2.45 bits per heavy atom. The van der Waals surface area contributed by atoms with Crippen molar-refractivity contribution < 1.29 is 14.7 Å². The van der Waals surface area contributed by atoms with Gasteiger partial charge in [-0.05, 0) is 54.4 Å². The van der Waals surface area contributed by atoms with Crippen molar-refractivity contribution in [2.24, 2.45) is 0 Å². The molecular weight excluding hydrogens is 348 g/mol. The van der Waals surface area contributed by atoms with Crippen molar-refractivity contribution in [3.05, 3.63) is 27.2 Å². The van der Waals surface area contributed by atoms with Gasteiger partial charge in [0.2, 0.25) is 0 Å². The van der Waals surface area contributed by atoms with Crippen molar-refractivity contribution in [3.8, 4) is 0 Å². The third kappa shape index (κ3) is 3.43. The van der Waals surface area contributed by atoms with E-state index in [9.17, 15) is 9.59 Å². The first kappa shape index (κ1) is 16.8. The van der Waals surface area contributed by atoms with Gasteiger partial charge < -0.3 is 15.3 Å². The minimum absolute atomic E-state index is 0.485. The maximum absolute atomic E-state index is 12.1. The van der Waals surface area contributed by atoms with E-state index in [0.29, 0.717) is 15.2 Å². The molecule has 1 aromatic rings. The number of carbonyl (C=O) groups is 2. The number of hydrogen-bond donors (Lipinski definition) is 2. The maximum atomic E-state index is 12.1. The summed E-state index contributed by atoms with van der Waals surface area (Å²) in [5.74, 6) is -1.09. The number of nitrogens with one attached hydrogen (secondary N) is 1. The highest BCUT2D eigenvalue weighted by atomic mass is 79.9. The molecule has 0 unspecified atom stereocenters. The van der Waals surface area contributed by atoms with Gasteiger partial charge in [0.15, 0.2) is 0 Å². The number of amides is 2. The minimum atomic E-state index is -1.31. The van der Waals surface area contributed by atoms with Crippen molar-refractivity contribution in [1.29, 1.82) is 0 Å². The summed E-state index contributed by atoms with van der Waals surface area (Å²) >= 11 is 9.34. The lowest BCUT2D eigenvalue weighted by Crippen LogP contribution is -2.52. The van der Waals surface area contributed by atoms with Gasteiger partial charge in [-0.3, -0.25) is 0 Å². The molecule has 0 aromatic heterocycles. The van der Waals surface area contributed by atoms with Crippen LogP contribution in [0.15, 0.2) is 16.6 Å². The molecule has 0 spiro atoms. The lowest BCUT2D eigenvalue weighted by molar-refractivity contribution is -0.146. The summed E-state index contributed by atoms with van der Waals surface area (Å²) in [5.41, 5.74) is 0.0415. The van der Waals surface area contributed by atoms with Crippen LogP contribution < -0.4 is 5.32 Å². The number of carbonyl (C=O) groups excluding carboxylic acids is 1. The molecule has 20 heavy (non-hydrogen) atoms. The number of aryl methyl sites for hydroxylation is 1. The van der Waals surface area contributed by atoms with Crippen LogP contribution in [0.5, 0.6) is 0 Å². The molecule has 0 radical (unpaired) electrons. The Balaban J connectivity index is 2.97. The summed E-state index contributed by atoms with van der Waals surface area (Å²) in [6.07, 6.45) is 0. The highest BCUT2D eigenvalue weighted by Gasteiger charge is 2.35. The second kappa shape index (κ2) is 6.01. The summed E-state index contributed by atoms with van der Waals surface area (Å²) in [7, 11) is 1.42. The number of nitrogens with zero attached hydrogens (tertiary/aromatic N) is 1. The Kier molecular flexibility index (Phi) is 5.05. The van der Waals surface area contributed by atoms with E-state index in [1.54, 1.807) is 12.1 Å². The summed E-state index contributed by atoms with van der Waals surface area (Å²) in [5, 5.41) is 12.3. The van der Waals surface area contributed by atoms with E-state index in [2.05, 4.69) is 21.2 Å². The third-order valence-electron chi connectivity index (χ3n) is 3.16. The van der Waals surface area contributed by atoms with Gasteiger partial charge in [-0.1, -0.05) is 11.6 Å². The fraction of sp³-hybridized carbons (Fsp3) is 0.385. The molecule has 0 heterocycles. The second-order valence-electron chi connectivity index (χ2n) is 4.93. The summed E-state index contributed by atoms with van der Waals surface area (Å²) in [4.78, 5) is 24.4. The largest absolute Gasteiger partial charge is 0.480 e. The standard InChI is InChI=1S/C13H16BrClN2O3/c1-7-5-8(14)10(6-9(7)15)16-12(20)17(4)13(2,3)11(18)19/h5-6H,1-4H3,(H,16,20)(H,18,19). The van der Waals surface area contributed by atoms with Crippen LogP contribution in [0.25, 0.3) is 0 Å². The first-order chi connectivity index (χ1) is 9.07. The molecule has 2 N–H and O–H groups in total. The fourth-order valence-corrected chi connectivity index (χ4v) is 2.06. The van der Waals surface area contributed by atoms with Crippen LogP contribution in [-0.2, 0) is 4.79 Å². The van der Waals surface area contributed by atoms with Crippen molar-refractivity contribution in [3.63, 3.8) is 0 Å². The molecule has 2 amide bonds. The van der Waals surface area contributed by atoms with E-state index in [0.717, 1.165) is 10.5 Å². The van der Waals surface area contributed by atoms with Crippen molar-refractivity contribution >= 4 is 45.2 Å². The molecule has 0 fully saturated rings. The van der Waals surface area contributed by atoms with Crippen molar-refractivity contribution in [1.82, 2.24) is 4.90 Å². The van der Waals surface area contributed by atoms with Gasteiger partial charge in [-0.15, -0.1) is 0 Å². The Bertz CT molecular complexity index is 561. The normalized spacial score (nSPS) is 11.1. The highest BCUT2D eigenvalue weighted by Crippen LogP contribution is 2.29. The van der Waals surface area contributed by atoms with E-state index in [4.69, 9.17) is 16.7 Å². The molecular formula is C13H16BrClN2O3. The van der Waals surface area contributed by atoms with Gasteiger partial charge in [0.05, 0.1) is 5.69 Å². The van der Waals surface area contributed by atoms with Crippen LogP contribution in [0.2, 0.25) is 5.02 Å². The number of likely N-dealkylation sites (N-methyl/N-ethyl adjacent to an activating group) is 1. The smallest absolute Gasteiger partial charge is 0.329 e. The summed E-state index contributed by atoms with van der Waals surface area (Å²) in [6, 6.07) is 2.86. The Morgan fingerprint density at radius 1 is 1.40 bits per heavy atom. The number of benzene rings is 1. The molecule has 110 valence electrons. The van der Waals surface area contributed by atoms with Crippen molar-refractivity contribution in [2.45, 2.75) is 26.3 Å². The van der Waals surface area contributed by atoms with Crippen LogP contribution in [0.1, 0.15) is 19.4 Å². The third-order valence-corrected chi connectivity index (χ3v) is 4.22. The molecule has 0 aliphatic carbocycles. The lowest BCUT2D eigenvalue weighted by atomic mass is 10.1. The molecule has 0 saturated carbocycles. The van der Waals surface area contributed by atoms with Crippen LogP contribution >= 0.6 is 27.5 Å². The molecule has 7 heteroatoms. The molecule has 0 saturated heterocycles. The topological polar surface area (TPSA) is 69.6 Å². The van der Waals surface area contributed by atoms with Crippen LogP contribution in [-0.4, -0.2) is 34.6 Å². The number of urea groups is 1. The van der Waals surface area contributed by atoms with E-state index in [1.807, 2.05) is 6.92 Å². The van der Waals surface area contributed by atoms with E-state index in [1.165, 1.54) is 20.9 Å². The maximum Gasteiger partial charge on any atom is 0.329 e. The SMILES string of the molecule is Cc1cc(Br)c(NC(=O)N(C)C(C)(C)C(=O)O)cc1Cl. The predicted molar refractivity (Wildman–Crippen MR) is 82.4 cm³/mol. The van der Waals surface area contributed by atoms with Gasteiger partial charge in [-0.25, -0.2) is 9.59 Å².